The molecule has 26 heavy (non-hydrogen) atoms. The number of nitrogens with zero attached hydrogens (tertiary/aromatic N) is 1. The van der Waals surface area contributed by atoms with Crippen molar-refractivity contribution >= 4 is 44.4 Å². The normalized spacial score (nSPS) is 11.0. The van der Waals surface area contributed by atoms with Crippen molar-refractivity contribution < 1.29 is 14.3 Å². The van der Waals surface area contributed by atoms with Crippen molar-refractivity contribution in [1.82, 2.24) is 4.98 Å². The molecule has 0 bridgehead atoms. The zero-order valence-electron chi connectivity index (χ0n) is 13.2. The fraction of sp³-hybridized carbons (Fsp3) is 0. The molecule has 4 aromatic rings. The summed E-state index contributed by atoms with van der Waals surface area (Å²) >= 11 is 9.40. The quantitative estimate of drug-likeness (QED) is 0.417. The molecule has 0 saturated heterocycles. The third-order valence-corrected chi connectivity index (χ3v) is 4.75. The summed E-state index contributed by atoms with van der Waals surface area (Å²) in [6, 6.07) is 17.8. The predicted octanol–water partition coefficient (Wildman–Crippen LogP) is 6.28. The van der Waals surface area contributed by atoms with E-state index in [9.17, 15) is 9.90 Å². The third kappa shape index (κ3) is 3.11. The second-order valence-electron chi connectivity index (χ2n) is 5.69. The number of furan rings is 1. The highest BCUT2D eigenvalue weighted by atomic mass is 79.9. The molecule has 0 fully saturated rings. The Balaban J connectivity index is 1.83. The van der Waals surface area contributed by atoms with E-state index < -0.39 is 5.97 Å². The fourth-order valence-electron chi connectivity index (χ4n) is 2.75. The van der Waals surface area contributed by atoms with Gasteiger partial charge in [-0.3, -0.25) is 0 Å². The molecule has 2 heterocycles. The molecule has 0 spiro atoms. The van der Waals surface area contributed by atoms with Crippen LogP contribution < -0.4 is 0 Å². The number of pyridine rings is 1. The van der Waals surface area contributed by atoms with Gasteiger partial charge < -0.3 is 9.52 Å². The molecule has 4 rings (SSSR count). The second kappa shape index (κ2) is 6.59. The van der Waals surface area contributed by atoms with E-state index in [1.54, 1.807) is 24.3 Å². The highest BCUT2D eigenvalue weighted by Gasteiger charge is 2.15. The summed E-state index contributed by atoms with van der Waals surface area (Å²) in [4.78, 5) is 16.2. The first-order valence-corrected chi connectivity index (χ1v) is 8.88. The van der Waals surface area contributed by atoms with Crippen LogP contribution >= 0.6 is 27.5 Å². The Morgan fingerprint density at radius 1 is 1.00 bits per heavy atom. The Morgan fingerprint density at radius 3 is 2.46 bits per heavy atom. The van der Waals surface area contributed by atoms with E-state index in [1.165, 1.54) is 6.07 Å². The Kier molecular flexibility index (Phi) is 4.26. The topological polar surface area (TPSA) is 63.3 Å². The first-order chi connectivity index (χ1) is 12.5. The van der Waals surface area contributed by atoms with Gasteiger partial charge in [0.15, 0.2) is 5.76 Å². The molecule has 1 N–H and O–H groups in total. The summed E-state index contributed by atoms with van der Waals surface area (Å²) in [5, 5.41) is 10.5. The number of hydrogen-bond donors (Lipinski definition) is 1. The number of benzene rings is 2. The summed E-state index contributed by atoms with van der Waals surface area (Å²) in [5.41, 5.74) is 2.06. The summed E-state index contributed by atoms with van der Waals surface area (Å²) in [7, 11) is 0. The van der Waals surface area contributed by atoms with E-state index in [2.05, 4.69) is 20.9 Å². The maximum absolute atomic E-state index is 11.7. The molecule has 0 amide bonds. The van der Waals surface area contributed by atoms with Crippen molar-refractivity contribution in [1.29, 1.82) is 0 Å². The van der Waals surface area contributed by atoms with Gasteiger partial charge in [-0.1, -0.05) is 39.7 Å². The SMILES string of the molecule is O=C(O)c1cc(-c2ccc(-c3ccc(Br)cc3)o2)nc2ccc(Cl)cc12. The predicted molar refractivity (Wildman–Crippen MR) is 105 cm³/mol. The lowest BCUT2D eigenvalue weighted by molar-refractivity contribution is 0.0699. The summed E-state index contributed by atoms with van der Waals surface area (Å²) in [5.74, 6) is 0.144. The van der Waals surface area contributed by atoms with E-state index in [1.807, 2.05) is 30.3 Å². The van der Waals surface area contributed by atoms with Crippen LogP contribution in [0.4, 0.5) is 0 Å². The summed E-state index contributed by atoms with van der Waals surface area (Å²) in [6.07, 6.45) is 0. The highest BCUT2D eigenvalue weighted by Crippen LogP contribution is 2.31. The highest BCUT2D eigenvalue weighted by molar-refractivity contribution is 9.10. The van der Waals surface area contributed by atoms with Crippen LogP contribution in [0.25, 0.3) is 33.7 Å². The number of fused-ring (bicyclic) bond motifs is 1. The van der Waals surface area contributed by atoms with Crippen molar-refractivity contribution in [3.05, 3.63) is 75.7 Å². The van der Waals surface area contributed by atoms with Gasteiger partial charge in [0.25, 0.3) is 0 Å². The average Bonchev–Trinajstić information content (AvgIpc) is 3.11. The molecule has 0 unspecified atom stereocenters. The molecular formula is C20H11BrClNO3. The van der Waals surface area contributed by atoms with E-state index in [0.717, 1.165) is 10.0 Å². The number of carboxylic acid groups (broad SMARTS) is 1. The largest absolute Gasteiger partial charge is 0.478 e. The summed E-state index contributed by atoms with van der Waals surface area (Å²) in [6.45, 7) is 0. The van der Waals surface area contributed by atoms with Gasteiger partial charge in [-0.05, 0) is 48.5 Å². The molecule has 0 atom stereocenters. The number of carboxylic acids is 1. The smallest absolute Gasteiger partial charge is 0.336 e. The van der Waals surface area contributed by atoms with Gasteiger partial charge in [-0.15, -0.1) is 0 Å². The van der Waals surface area contributed by atoms with Crippen LogP contribution in [0.1, 0.15) is 10.4 Å². The van der Waals surface area contributed by atoms with Gasteiger partial charge in [0.05, 0.1) is 11.1 Å². The monoisotopic (exact) mass is 427 g/mol. The zero-order chi connectivity index (χ0) is 18.3. The molecule has 6 heteroatoms. The van der Waals surface area contributed by atoms with Gasteiger partial charge >= 0.3 is 5.97 Å². The molecule has 0 radical (unpaired) electrons. The first kappa shape index (κ1) is 16.8. The van der Waals surface area contributed by atoms with E-state index >= 15 is 0 Å². The first-order valence-electron chi connectivity index (χ1n) is 7.71. The molecular weight excluding hydrogens is 418 g/mol. The average molecular weight is 429 g/mol. The fourth-order valence-corrected chi connectivity index (χ4v) is 3.18. The lowest BCUT2D eigenvalue weighted by atomic mass is 10.1. The number of rotatable bonds is 3. The standard InChI is InChI=1S/C20H11BrClNO3/c21-12-3-1-11(2-4-12)18-7-8-19(26-18)17-10-15(20(24)25)14-9-13(22)5-6-16(14)23-17/h1-10H,(H,24,25). The van der Waals surface area contributed by atoms with Crippen LogP contribution in [0, 0.1) is 0 Å². The molecule has 0 aliphatic carbocycles. The number of carbonyl (C=O) groups is 1. The molecule has 2 aromatic heterocycles. The minimum absolute atomic E-state index is 0.133. The van der Waals surface area contributed by atoms with Gasteiger partial charge in [-0.2, -0.15) is 0 Å². The lowest BCUT2D eigenvalue weighted by Gasteiger charge is -2.06. The number of hydrogen-bond acceptors (Lipinski definition) is 3. The van der Waals surface area contributed by atoms with Crippen LogP contribution in [0.15, 0.2) is 69.6 Å². The van der Waals surface area contributed by atoms with Gasteiger partial charge in [-0.25, -0.2) is 9.78 Å². The maximum atomic E-state index is 11.7. The minimum atomic E-state index is -1.04. The van der Waals surface area contributed by atoms with E-state index in [-0.39, 0.29) is 5.56 Å². The van der Waals surface area contributed by atoms with Crippen LogP contribution in [0.3, 0.4) is 0 Å². The number of aromatic nitrogens is 1. The van der Waals surface area contributed by atoms with Crippen molar-refractivity contribution in [3.8, 4) is 22.8 Å². The summed E-state index contributed by atoms with van der Waals surface area (Å²) < 4.78 is 6.89. The van der Waals surface area contributed by atoms with Gasteiger partial charge in [0.2, 0.25) is 0 Å². The molecule has 0 saturated carbocycles. The molecule has 4 nitrogen and oxygen atoms in total. The zero-order valence-corrected chi connectivity index (χ0v) is 15.6. The number of aromatic carboxylic acids is 1. The molecule has 2 aromatic carbocycles. The Bertz CT molecular complexity index is 1140. The molecule has 128 valence electrons. The Labute approximate surface area is 162 Å². The van der Waals surface area contributed by atoms with Crippen LogP contribution in [-0.2, 0) is 0 Å². The second-order valence-corrected chi connectivity index (χ2v) is 7.04. The van der Waals surface area contributed by atoms with E-state index in [4.69, 9.17) is 16.0 Å². The van der Waals surface area contributed by atoms with Crippen molar-refractivity contribution in [2.24, 2.45) is 0 Å². The van der Waals surface area contributed by atoms with Crippen molar-refractivity contribution in [2.75, 3.05) is 0 Å². The third-order valence-electron chi connectivity index (χ3n) is 3.99. The van der Waals surface area contributed by atoms with Crippen molar-refractivity contribution in [3.63, 3.8) is 0 Å². The Morgan fingerprint density at radius 2 is 1.73 bits per heavy atom. The van der Waals surface area contributed by atoms with Crippen LogP contribution in [-0.4, -0.2) is 16.1 Å². The van der Waals surface area contributed by atoms with Gasteiger partial charge in [0, 0.05) is 20.4 Å². The van der Waals surface area contributed by atoms with Crippen LogP contribution in [0.2, 0.25) is 5.02 Å². The molecule has 0 aliphatic heterocycles. The lowest BCUT2D eigenvalue weighted by Crippen LogP contribution is -2.00. The minimum Gasteiger partial charge on any atom is -0.478 e. The maximum Gasteiger partial charge on any atom is 0.336 e. The van der Waals surface area contributed by atoms with E-state index in [0.29, 0.717) is 33.1 Å². The van der Waals surface area contributed by atoms with Crippen molar-refractivity contribution in [2.45, 2.75) is 0 Å². The Hall–Kier alpha value is -2.63. The molecule has 0 aliphatic rings. The number of halogens is 2. The van der Waals surface area contributed by atoms with Gasteiger partial charge in [0.1, 0.15) is 11.5 Å². The van der Waals surface area contributed by atoms with Crippen LogP contribution in [0.5, 0.6) is 0 Å².